The van der Waals surface area contributed by atoms with E-state index in [0.29, 0.717) is 18.1 Å². The van der Waals surface area contributed by atoms with Gasteiger partial charge in [0.25, 0.3) is 5.91 Å². The zero-order chi connectivity index (χ0) is 14.5. The molecule has 0 fully saturated rings. The van der Waals surface area contributed by atoms with Gasteiger partial charge in [0.1, 0.15) is 6.61 Å². The molecule has 1 aliphatic heterocycles. The van der Waals surface area contributed by atoms with Gasteiger partial charge in [-0.3, -0.25) is 9.63 Å². The van der Waals surface area contributed by atoms with E-state index in [-0.39, 0.29) is 12.5 Å². The van der Waals surface area contributed by atoms with Gasteiger partial charge < -0.3 is 9.47 Å². The number of para-hydroxylation sites is 2. The number of hydroxylamine groups is 1. The van der Waals surface area contributed by atoms with Gasteiger partial charge in [0.2, 0.25) is 6.10 Å². The van der Waals surface area contributed by atoms with Crippen LogP contribution >= 0.6 is 0 Å². The topological polar surface area (TPSA) is 56.8 Å². The van der Waals surface area contributed by atoms with Crippen molar-refractivity contribution in [2.45, 2.75) is 12.7 Å². The molecule has 5 nitrogen and oxygen atoms in total. The van der Waals surface area contributed by atoms with Crippen LogP contribution in [0.2, 0.25) is 0 Å². The van der Waals surface area contributed by atoms with Gasteiger partial charge >= 0.3 is 0 Å². The lowest BCUT2D eigenvalue weighted by atomic mass is 10.2. The van der Waals surface area contributed by atoms with Crippen molar-refractivity contribution in [3.05, 3.63) is 60.2 Å². The summed E-state index contributed by atoms with van der Waals surface area (Å²) >= 11 is 0. The number of benzene rings is 2. The van der Waals surface area contributed by atoms with Gasteiger partial charge in [-0.05, 0) is 17.7 Å². The second kappa shape index (κ2) is 6.28. The van der Waals surface area contributed by atoms with Crippen LogP contribution in [0.15, 0.2) is 54.6 Å². The lowest BCUT2D eigenvalue weighted by molar-refractivity contribution is -0.144. The first-order valence-corrected chi connectivity index (χ1v) is 6.67. The zero-order valence-corrected chi connectivity index (χ0v) is 11.3. The maximum atomic E-state index is 12.0. The lowest BCUT2D eigenvalue weighted by Gasteiger charge is -2.25. The lowest BCUT2D eigenvalue weighted by Crippen LogP contribution is -2.43. The van der Waals surface area contributed by atoms with Crippen LogP contribution in [-0.4, -0.2) is 18.6 Å². The first kappa shape index (κ1) is 13.5. The van der Waals surface area contributed by atoms with Crippen molar-refractivity contribution in [3.8, 4) is 11.5 Å². The molecule has 0 unspecified atom stereocenters. The third-order valence-corrected chi connectivity index (χ3v) is 3.06. The van der Waals surface area contributed by atoms with Gasteiger partial charge in [-0.25, -0.2) is 5.48 Å². The third-order valence-electron chi connectivity index (χ3n) is 3.06. The van der Waals surface area contributed by atoms with E-state index in [2.05, 4.69) is 5.48 Å². The highest BCUT2D eigenvalue weighted by atomic mass is 16.7. The molecule has 21 heavy (non-hydrogen) atoms. The molecule has 0 saturated carbocycles. The van der Waals surface area contributed by atoms with Crippen LogP contribution in [0.5, 0.6) is 11.5 Å². The highest BCUT2D eigenvalue weighted by Crippen LogP contribution is 2.30. The summed E-state index contributed by atoms with van der Waals surface area (Å²) in [5, 5.41) is 0. The molecular weight excluding hydrogens is 270 g/mol. The Morgan fingerprint density at radius 1 is 1.10 bits per heavy atom. The zero-order valence-electron chi connectivity index (χ0n) is 11.3. The van der Waals surface area contributed by atoms with E-state index >= 15 is 0 Å². The Bertz CT molecular complexity index is 615. The van der Waals surface area contributed by atoms with Crippen molar-refractivity contribution in [3.63, 3.8) is 0 Å². The Morgan fingerprint density at radius 3 is 2.62 bits per heavy atom. The molecule has 1 aliphatic rings. The van der Waals surface area contributed by atoms with Gasteiger partial charge in [-0.1, -0.05) is 42.5 Å². The number of rotatable bonds is 4. The largest absolute Gasteiger partial charge is 0.485 e. The number of carbonyl (C=O) groups is 1. The van der Waals surface area contributed by atoms with E-state index in [0.717, 1.165) is 5.56 Å². The summed E-state index contributed by atoms with van der Waals surface area (Å²) in [6.45, 7) is 0.467. The predicted molar refractivity (Wildman–Crippen MR) is 75.7 cm³/mol. The Kier molecular flexibility index (Phi) is 4.02. The molecule has 0 aromatic heterocycles. The first-order valence-electron chi connectivity index (χ1n) is 6.67. The predicted octanol–water partition coefficient (Wildman–Crippen LogP) is 2.07. The average molecular weight is 285 g/mol. The molecule has 1 atom stereocenters. The summed E-state index contributed by atoms with van der Waals surface area (Å²) in [6, 6.07) is 16.8. The highest BCUT2D eigenvalue weighted by Gasteiger charge is 2.27. The number of hydrogen-bond acceptors (Lipinski definition) is 4. The molecule has 1 N–H and O–H groups in total. The molecule has 0 saturated heterocycles. The first-order chi connectivity index (χ1) is 10.3. The number of nitrogens with one attached hydrogen (secondary N) is 1. The number of amides is 1. The van der Waals surface area contributed by atoms with Gasteiger partial charge in [0.15, 0.2) is 11.5 Å². The van der Waals surface area contributed by atoms with Crippen molar-refractivity contribution < 1.29 is 19.1 Å². The summed E-state index contributed by atoms with van der Waals surface area (Å²) in [6.07, 6.45) is -0.712. The van der Waals surface area contributed by atoms with Gasteiger partial charge in [0.05, 0.1) is 6.61 Å². The fourth-order valence-corrected chi connectivity index (χ4v) is 1.98. The fourth-order valence-electron chi connectivity index (χ4n) is 1.98. The second-order valence-electron chi connectivity index (χ2n) is 4.60. The Balaban J connectivity index is 1.50. The summed E-state index contributed by atoms with van der Waals surface area (Å²) in [5.74, 6) is 0.846. The van der Waals surface area contributed by atoms with Crippen LogP contribution in [-0.2, 0) is 16.2 Å². The minimum absolute atomic E-state index is 0.164. The molecule has 3 rings (SSSR count). The van der Waals surface area contributed by atoms with Crippen molar-refractivity contribution in [1.29, 1.82) is 0 Å². The molecule has 0 bridgehead atoms. The number of hydrogen-bond donors (Lipinski definition) is 1. The summed E-state index contributed by atoms with van der Waals surface area (Å²) < 4.78 is 11.1. The van der Waals surface area contributed by atoms with Crippen molar-refractivity contribution in [2.24, 2.45) is 0 Å². The minimum atomic E-state index is -0.712. The van der Waals surface area contributed by atoms with Crippen molar-refractivity contribution in [2.75, 3.05) is 6.61 Å². The van der Waals surface area contributed by atoms with Crippen molar-refractivity contribution in [1.82, 2.24) is 5.48 Å². The molecular formula is C16H15NO4. The van der Waals surface area contributed by atoms with Crippen molar-refractivity contribution >= 4 is 5.91 Å². The summed E-state index contributed by atoms with van der Waals surface area (Å²) in [4.78, 5) is 17.1. The quantitative estimate of drug-likeness (QED) is 0.874. The van der Waals surface area contributed by atoms with E-state index < -0.39 is 6.10 Å². The summed E-state index contributed by atoms with van der Waals surface area (Å²) in [5.41, 5.74) is 3.36. The fraction of sp³-hybridized carbons (Fsp3) is 0.188. The van der Waals surface area contributed by atoms with Gasteiger partial charge in [-0.15, -0.1) is 0 Å². The molecule has 108 valence electrons. The number of carbonyl (C=O) groups excluding carboxylic acids is 1. The average Bonchev–Trinajstić information content (AvgIpc) is 2.55. The molecule has 0 radical (unpaired) electrons. The normalized spacial score (nSPS) is 16.3. The summed E-state index contributed by atoms with van der Waals surface area (Å²) in [7, 11) is 0. The molecule has 2 aromatic carbocycles. The highest BCUT2D eigenvalue weighted by molar-refractivity contribution is 5.80. The molecule has 1 heterocycles. The maximum absolute atomic E-state index is 12.0. The van der Waals surface area contributed by atoms with E-state index in [1.54, 1.807) is 12.1 Å². The van der Waals surface area contributed by atoms with Gasteiger partial charge in [-0.2, -0.15) is 0 Å². The smallest absolute Gasteiger partial charge is 0.288 e. The van der Waals surface area contributed by atoms with Gasteiger partial charge in [0, 0.05) is 0 Å². The Morgan fingerprint density at radius 2 is 1.81 bits per heavy atom. The van der Waals surface area contributed by atoms with Crippen LogP contribution in [0.4, 0.5) is 0 Å². The SMILES string of the molecule is O=C(NOCc1ccccc1)[C@@H]1COc2ccccc2O1. The van der Waals surface area contributed by atoms with Crippen LogP contribution in [0.3, 0.4) is 0 Å². The van der Waals surface area contributed by atoms with E-state index in [4.69, 9.17) is 14.3 Å². The van der Waals surface area contributed by atoms with Crippen LogP contribution in [0.1, 0.15) is 5.56 Å². The van der Waals surface area contributed by atoms with Crippen LogP contribution in [0.25, 0.3) is 0 Å². The third kappa shape index (κ3) is 3.32. The monoisotopic (exact) mass is 285 g/mol. The number of fused-ring (bicyclic) bond motifs is 1. The molecule has 0 spiro atoms. The molecule has 1 amide bonds. The second-order valence-corrected chi connectivity index (χ2v) is 4.60. The molecule has 5 heteroatoms. The van der Waals surface area contributed by atoms with Crippen LogP contribution in [0, 0.1) is 0 Å². The van der Waals surface area contributed by atoms with Crippen LogP contribution < -0.4 is 15.0 Å². The maximum Gasteiger partial charge on any atom is 0.288 e. The van der Waals surface area contributed by atoms with E-state index in [9.17, 15) is 4.79 Å². The number of ether oxygens (including phenoxy) is 2. The molecule has 2 aromatic rings. The van der Waals surface area contributed by atoms with E-state index in [1.165, 1.54) is 0 Å². The van der Waals surface area contributed by atoms with E-state index in [1.807, 2.05) is 42.5 Å². The Labute approximate surface area is 122 Å². The standard InChI is InChI=1S/C16H15NO4/c18-16(17-20-10-12-6-2-1-3-7-12)15-11-19-13-8-4-5-9-14(13)21-15/h1-9,15H,10-11H2,(H,17,18)/t15-/m0/s1. The minimum Gasteiger partial charge on any atom is -0.485 e. The Hall–Kier alpha value is -2.53. The molecule has 0 aliphatic carbocycles.